The third-order valence-electron chi connectivity index (χ3n) is 12.3. The van der Waals surface area contributed by atoms with Crippen LogP contribution < -0.4 is 0 Å². The van der Waals surface area contributed by atoms with Gasteiger partial charge in [0, 0.05) is 19.3 Å². The summed E-state index contributed by atoms with van der Waals surface area (Å²) in [5, 5.41) is 0. The summed E-state index contributed by atoms with van der Waals surface area (Å²) in [6, 6.07) is 0. The number of allylic oxidation sites excluding steroid dienone is 2. The molecular formula is C55H104O6. The van der Waals surface area contributed by atoms with Gasteiger partial charge in [0.15, 0.2) is 6.10 Å². The third-order valence-corrected chi connectivity index (χ3v) is 12.3. The molecule has 0 radical (unpaired) electrons. The van der Waals surface area contributed by atoms with Crippen molar-refractivity contribution in [2.24, 2.45) is 0 Å². The van der Waals surface area contributed by atoms with Gasteiger partial charge in [-0.05, 0) is 44.9 Å². The molecule has 0 aliphatic rings. The van der Waals surface area contributed by atoms with Gasteiger partial charge < -0.3 is 14.2 Å². The molecular weight excluding hydrogens is 757 g/mol. The Hall–Kier alpha value is -1.85. The Kier molecular flexibility index (Phi) is 49.3. The predicted molar refractivity (Wildman–Crippen MR) is 261 cm³/mol. The lowest BCUT2D eigenvalue weighted by Crippen LogP contribution is -2.30. The second-order valence-corrected chi connectivity index (χ2v) is 18.5. The van der Waals surface area contributed by atoms with Gasteiger partial charge in [0.2, 0.25) is 0 Å². The van der Waals surface area contributed by atoms with Gasteiger partial charge in [0.1, 0.15) is 13.2 Å². The Morgan fingerprint density at radius 1 is 0.311 bits per heavy atom. The summed E-state index contributed by atoms with van der Waals surface area (Å²) in [6.45, 7) is 6.67. The van der Waals surface area contributed by atoms with E-state index in [0.29, 0.717) is 19.3 Å². The average molecular weight is 861 g/mol. The Balaban J connectivity index is 4.33. The van der Waals surface area contributed by atoms with Crippen molar-refractivity contribution < 1.29 is 28.6 Å². The average Bonchev–Trinajstić information content (AvgIpc) is 3.26. The minimum Gasteiger partial charge on any atom is -0.462 e. The first kappa shape index (κ1) is 59.1. The molecule has 0 fully saturated rings. The Morgan fingerprint density at radius 2 is 0.541 bits per heavy atom. The number of carbonyl (C=O) groups is 3. The molecule has 0 aromatic heterocycles. The summed E-state index contributed by atoms with van der Waals surface area (Å²) >= 11 is 0. The van der Waals surface area contributed by atoms with E-state index in [-0.39, 0.29) is 31.1 Å². The quantitative estimate of drug-likeness (QED) is 0.0262. The topological polar surface area (TPSA) is 78.9 Å². The van der Waals surface area contributed by atoms with Crippen LogP contribution in [0.4, 0.5) is 0 Å². The molecule has 6 nitrogen and oxygen atoms in total. The molecule has 0 aromatic rings. The molecule has 1 atom stereocenters. The van der Waals surface area contributed by atoms with E-state index < -0.39 is 6.10 Å². The van der Waals surface area contributed by atoms with Gasteiger partial charge in [-0.15, -0.1) is 0 Å². The van der Waals surface area contributed by atoms with Gasteiger partial charge in [-0.25, -0.2) is 0 Å². The summed E-state index contributed by atoms with van der Waals surface area (Å²) in [5.41, 5.74) is 0. The Labute approximate surface area is 380 Å². The molecule has 0 saturated carbocycles. The van der Waals surface area contributed by atoms with Gasteiger partial charge in [-0.1, -0.05) is 251 Å². The van der Waals surface area contributed by atoms with Crippen LogP contribution in [0.1, 0.15) is 303 Å². The zero-order valence-electron chi connectivity index (χ0n) is 41.2. The van der Waals surface area contributed by atoms with Crippen LogP contribution in [0.2, 0.25) is 0 Å². The Bertz CT molecular complexity index is 947. The minimum absolute atomic E-state index is 0.0677. The van der Waals surface area contributed by atoms with E-state index in [9.17, 15) is 14.4 Å². The highest BCUT2D eigenvalue weighted by Gasteiger charge is 2.19. The molecule has 0 spiro atoms. The zero-order valence-corrected chi connectivity index (χ0v) is 41.2. The van der Waals surface area contributed by atoms with Gasteiger partial charge in [0.25, 0.3) is 0 Å². The summed E-state index contributed by atoms with van der Waals surface area (Å²) in [7, 11) is 0. The van der Waals surface area contributed by atoms with E-state index in [4.69, 9.17) is 14.2 Å². The standard InChI is InChI=1S/C55H104O6/c1-4-7-10-13-16-19-22-25-27-30-33-36-39-42-45-48-54(57)60-51-52(50-59-53(56)47-44-41-38-35-32-29-24-21-18-15-12-9-6-3)61-55(58)49-46-43-40-37-34-31-28-26-23-20-17-14-11-8-5-2/h26,28,52H,4-25,27,29-51H2,1-3H3/b28-26-/t52-/m0/s1. The fourth-order valence-electron chi connectivity index (χ4n) is 8.14. The SMILES string of the molecule is CCCCCCCC/C=C\CCCCCCCC(=O)O[C@@H](COC(=O)CCCCCCCCCCCCCCC)COC(=O)CCCCCCCCCCCCCCCCC. The number of ether oxygens (including phenoxy) is 3. The maximum atomic E-state index is 12.8. The number of unbranched alkanes of at least 4 members (excludes halogenated alkanes) is 37. The van der Waals surface area contributed by atoms with Crippen LogP contribution in [0.3, 0.4) is 0 Å². The van der Waals surface area contributed by atoms with Crippen LogP contribution in [-0.2, 0) is 28.6 Å². The molecule has 360 valence electrons. The van der Waals surface area contributed by atoms with Crippen molar-refractivity contribution in [3.05, 3.63) is 12.2 Å². The molecule has 0 N–H and O–H groups in total. The number of hydrogen-bond donors (Lipinski definition) is 0. The summed E-state index contributed by atoms with van der Waals surface area (Å²) in [6.07, 6.45) is 56.2. The van der Waals surface area contributed by atoms with E-state index in [2.05, 4.69) is 32.9 Å². The number of carbonyl (C=O) groups excluding carboxylic acids is 3. The van der Waals surface area contributed by atoms with Crippen molar-refractivity contribution in [1.82, 2.24) is 0 Å². The highest BCUT2D eigenvalue weighted by atomic mass is 16.6. The number of rotatable bonds is 50. The first-order valence-electron chi connectivity index (χ1n) is 27.2. The van der Waals surface area contributed by atoms with Gasteiger partial charge >= 0.3 is 17.9 Å². The lowest BCUT2D eigenvalue weighted by molar-refractivity contribution is -0.167. The van der Waals surface area contributed by atoms with Crippen LogP contribution >= 0.6 is 0 Å². The van der Waals surface area contributed by atoms with E-state index in [0.717, 1.165) is 64.2 Å². The van der Waals surface area contributed by atoms with Crippen molar-refractivity contribution in [1.29, 1.82) is 0 Å². The number of hydrogen-bond acceptors (Lipinski definition) is 6. The van der Waals surface area contributed by atoms with Crippen molar-refractivity contribution in [3.63, 3.8) is 0 Å². The summed E-state index contributed by atoms with van der Waals surface area (Å²) in [4.78, 5) is 38.0. The second-order valence-electron chi connectivity index (χ2n) is 18.5. The van der Waals surface area contributed by atoms with E-state index in [1.54, 1.807) is 0 Å². The zero-order chi connectivity index (χ0) is 44.4. The molecule has 0 unspecified atom stereocenters. The van der Waals surface area contributed by atoms with Crippen LogP contribution in [0.15, 0.2) is 12.2 Å². The lowest BCUT2D eigenvalue weighted by atomic mass is 10.0. The monoisotopic (exact) mass is 861 g/mol. The van der Waals surface area contributed by atoms with Gasteiger partial charge in [-0.2, -0.15) is 0 Å². The highest BCUT2D eigenvalue weighted by molar-refractivity contribution is 5.71. The Morgan fingerprint density at radius 3 is 0.820 bits per heavy atom. The van der Waals surface area contributed by atoms with Crippen LogP contribution in [0, 0.1) is 0 Å². The predicted octanol–water partition coefficient (Wildman–Crippen LogP) is 17.8. The second kappa shape index (κ2) is 50.8. The molecule has 0 aromatic carbocycles. The first-order valence-corrected chi connectivity index (χ1v) is 27.2. The molecule has 0 bridgehead atoms. The largest absolute Gasteiger partial charge is 0.462 e. The molecule has 0 heterocycles. The number of esters is 3. The summed E-state index contributed by atoms with van der Waals surface area (Å²) < 4.78 is 16.8. The molecule has 0 aliphatic carbocycles. The fourth-order valence-corrected chi connectivity index (χ4v) is 8.14. The normalized spacial score (nSPS) is 12.0. The maximum Gasteiger partial charge on any atom is 0.306 e. The van der Waals surface area contributed by atoms with Crippen LogP contribution in [0.5, 0.6) is 0 Å². The first-order chi connectivity index (χ1) is 30.0. The van der Waals surface area contributed by atoms with Crippen LogP contribution in [-0.4, -0.2) is 37.2 Å². The molecule has 0 amide bonds. The van der Waals surface area contributed by atoms with E-state index in [1.807, 2.05) is 0 Å². The van der Waals surface area contributed by atoms with Crippen molar-refractivity contribution in [3.8, 4) is 0 Å². The highest BCUT2D eigenvalue weighted by Crippen LogP contribution is 2.16. The lowest BCUT2D eigenvalue weighted by Gasteiger charge is -2.18. The van der Waals surface area contributed by atoms with Crippen molar-refractivity contribution in [2.45, 2.75) is 309 Å². The smallest absolute Gasteiger partial charge is 0.306 e. The van der Waals surface area contributed by atoms with Crippen molar-refractivity contribution >= 4 is 17.9 Å². The van der Waals surface area contributed by atoms with E-state index >= 15 is 0 Å². The maximum absolute atomic E-state index is 12.8. The minimum atomic E-state index is -0.767. The molecule has 0 aliphatic heterocycles. The van der Waals surface area contributed by atoms with Gasteiger partial charge in [0.05, 0.1) is 0 Å². The fraction of sp³-hybridized carbons (Fsp3) is 0.909. The molecule has 0 rings (SSSR count). The van der Waals surface area contributed by atoms with E-state index in [1.165, 1.54) is 199 Å². The molecule has 0 saturated heterocycles. The van der Waals surface area contributed by atoms with Crippen LogP contribution in [0.25, 0.3) is 0 Å². The van der Waals surface area contributed by atoms with Gasteiger partial charge in [-0.3, -0.25) is 14.4 Å². The molecule has 61 heavy (non-hydrogen) atoms. The third kappa shape index (κ3) is 49.0. The van der Waals surface area contributed by atoms with Crippen molar-refractivity contribution in [2.75, 3.05) is 13.2 Å². The summed E-state index contributed by atoms with van der Waals surface area (Å²) in [5.74, 6) is -0.856. The molecule has 6 heteroatoms.